The molecule has 0 saturated heterocycles. The lowest BCUT2D eigenvalue weighted by molar-refractivity contribution is 0.996. The number of nitrogens with one attached hydrogen (secondary N) is 1. The first-order valence-electron chi connectivity index (χ1n) is 6.68. The average molecular weight is 241 g/mol. The predicted molar refractivity (Wildman–Crippen MR) is 74.3 cm³/mol. The van der Waals surface area contributed by atoms with Gasteiger partial charge in [-0.2, -0.15) is 0 Å². The van der Waals surface area contributed by atoms with Gasteiger partial charge < -0.3 is 5.32 Å². The quantitative estimate of drug-likeness (QED) is 0.890. The molecule has 94 valence electrons. The minimum Gasteiger partial charge on any atom is -0.353 e. The minimum atomic E-state index is 0.625. The Balaban J connectivity index is 1.98. The van der Waals surface area contributed by atoms with Crippen LogP contribution in [-0.2, 0) is 6.42 Å². The molecular formula is C15H19N3. The van der Waals surface area contributed by atoms with Crippen molar-refractivity contribution in [2.45, 2.75) is 39.2 Å². The molecule has 0 radical (unpaired) electrons. The van der Waals surface area contributed by atoms with Gasteiger partial charge in [0, 0.05) is 17.9 Å². The minimum absolute atomic E-state index is 0.625. The Bertz CT molecular complexity index is 553. The predicted octanol–water partition coefficient (Wildman–Crippen LogP) is 3.32. The molecule has 0 amide bonds. The third-order valence-corrected chi connectivity index (χ3v) is 3.33. The fourth-order valence-electron chi connectivity index (χ4n) is 2.13. The van der Waals surface area contributed by atoms with Gasteiger partial charge in [-0.15, -0.1) is 0 Å². The van der Waals surface area contributed by atoms with Gasteiger partial charge in [0.25, 0.3) is 0 Å². The second-order valence-corrected chi connectivity index (χ2v) is 5.02. The van der Waals surface area contributed by atoms with E-state index in [1.165, 1.54) is 24.1 Å². The van der Waals surface area contributed by atoms with E-state index in [-0.39, 0.29) is 0 Å². The van der Waals surface area contributed by atoms with E-state index in [0.29, 0.717) is 6.04 Å². The van der Waals surface area contributed by atoms with Crippen molar-refractivity contribution < 1.29 is 0 Å². The third-order valence-electron chi connectivity index (χ3n) is 3.33. The van der Waals surface area contributed by atoms with Crippen LogP contribution >= 0.6 is 0 Å². The van der Waals surface area contributed by atoms with Crippen LogP contribution < -0.4 is 5.32 Å². The number of hydrogen-bond acceptors (Lipinski definition) is 2. The van der Waals surface area contributed by atoms with E-state index in [0.717, 1.165) is 18.1 Å². The van der Waals surface area contributed by atoms with Crippen molar-refractivity contribution >= 4 is 5.95 Å². The van der Waals surface area contributed by atoms with Crippen LogP contribution in [0, 0.1) is 6.92 Å². The van der Waals surface area contributed by atoms with Gasteiger partial charge in [0.2, 0.25) is 5.95 Å². The number of hydrogen-bond donors (Lipinski definition) is 1. The molecule has 3 rings (SSSR count). The highest BCUT2D eigenvalue weighted by Crippen LogP contribution is 2.26. The molecule has 3 nitrogen and oxygen atoms in total. The van der Waals surface area contributed by atoms with Crippen molar-refractivity contribution in [3.8, 4) is 5.69 Å². The highest BCUT2D eigenvalue weighted by Gasteiger charge is 2.23. The van der Waals surface area contributed by atoms with Gasteiger partial charge in [-0.1, -0.05) is 19.1 Å². The summed E-state index contributed by atoms with van der Waals surface area (Å²) < 4.78 is 2.16. The summed E-state index contributed by atoms with van der Waals surface area (Å²) in [7, 11) is 0. The fraction of sp³-hybridized carbons (Fsp3) is 0.400. The van der Waals surface area contributed by atoms with Gasteiger partial charge in [0.1, 0.15) is 0 Å². The highest BCUT2D eigenvalue weighted by molar-refractivity contribution is 5.45. The lowest BCUT2D eigenvalue weighted by Crippen LogP contribution is -2.07. The van der Waals surface area contributed by atoms with Crippen LogP contribution in [0.3, 0.4) is 0 Å². The molecule has 2 aromatic rings. The molecule has 1 N–H and O–H groups in total. The first-order chi connectivity index (χ1) is 8.76. The van der Waals surface area contributed by atoms with E-state index in [1.54, 1.807) is 0 Å². The molecule has 0 unspecified atom stereocenters. The Morgan fingerprint density at radius 1 is 1.39 bits per heavy atom. The number of imidazole rings is 1. The van der Waals surface area contributed by atoms with Gasteiger partial charge in [0.05, 0.1) is 5.69 Å². The Morgan fingerprint density at radius 2 is 2.22 bits per heavy atom. The van der Waals surface area contributed by atoms with E-state index in [1.807, 2.05) is 6.92 Å². The maximum absolute atomic E-state index is 4.57. The number of rotatable bonds is 4. The van der Waals surface area contributed by atoms with Crippen LogP contribution in [0.2, 0.25) is 0 Å². The molecule has 0 aliphatic heterocycles. The zero-order valence-corrected chi connectivity index (χ0v) is 11.0. The lowest BCUT2D eigenvalue weighted by Gasteiger charge is -2.10. The van der Waals surface area contributed by atoms with Crippen molar-refractivity contribution in [2.24, 2.45) is 0 Å². The summed E-state index contributed by atoms with van der Waals surface area (Å²) in [6, 6.07) is 9.28. The lowest BCUT2D eigenvalue weighted by atomic mass is 10.1. The van der Waals surface area contributed by atoms with Crippen LogP contribution in [0.1, 0.15) is 31.0 Å². The van der Waals surface area contributed by atoms with Crippen molar-refractivity contribution in [3.63, 3.8) is 0 Å². The first-order valence-corrected chi connectivity index (χ1v) is 6.68. The summed E-state index contributed by atoms with van der Waals surface area (Å²) in [5.74, 6) is 0.975. The summed E-state index contributed by atoms with van der Waals surface area (Å²) >= 11 is 0. The SMILES string of the molecule is CCc1cccc(-n2cc(C)nc2NC2CC2)c1. The van der Waals surface area contributed by atoms with Crippen LogP contribution in [0.4, 0.5) is 5.95 Å². The number of anilines is 1. The molecule has 1 fully saturated rings. The largest absolute Gasteiger partial charge is 0.353 e. The zero-order valence-electron chi connectivity index (χ0n) is 11.0. The third kappa shape index (κ3) is 2.26. The van der Waals surface area contributed by atoms with Crippen molar-refractivity contribution in [3.05, 3.63) is 41.7 Å². The normalized spacial score (nSPS) is 14.8. The molecule has 1 aliphatic rings. The van der Waals surface area contributed by atoms with Gasteiger partial charge in [0.15, 0.2) is 0 Å². The molecule has 18 heavy (non-hydrogen) atoms. The molecule has 1 aromatic heterocycles. The van der Waals surface area contributed by atoms with Gasteiger partial charge >= 0.3 is 0 Å². The summed E-state index contributed by atoms with van der Waals surface area (Å²) in [6.45, 7) is 4.22. The number of benzene rings is 1. The van der Waals surface area contributed by atoms with Gasteiger partial charge in [-0.25, -0.2) is 4.98 Å². The van der Waals surface area contributed by atoms with E-state index in [2.05, 4.69) is 52.3 Å². The van der Waals surface area contributed by atoms with Crippen LogP contribution in [-0.4, -0.2) is 15.6 Å². The maximum atomic E-state index is 4.57. The molecule has 1 saturated carbocycles. The number of aryl methyl sites for hydroxylation is 2. The van der Waals surface area contributed by atoms with Crippen molar-refractivity contribution in [2.75, 3.05) is 5.32 Å². The van der Waals surface area contributed by atoms with E-state index in [9.17, 15) is 0 Å². The summed E-state index contributed by atoms with van der Waals surface area (Å²) in [6.07, 6.45) is 5.69. The number of nitrogens with zero attached hydrogens (tertiary/aromatic N) is 2. The fourth-order valence-corrected chi connectivity index (χ4v) is 2.13. The molecule has 1 aliphatic carbocycles. The zero-order chi connectivity index (χ0) is 12.5. The molecule has 0 bridgehead atoms. The summed E-state index contributed by atoms with van der Waals surface area (Å²) in [5, 5.41) is 3.49. The highest BCUT2D eigenvalue weighted by atomic mass is 15.2. The molecule has 0 atom stereocenters. The first kappa shape index (κ1) is 11.3. The maximum Gasteiger partial charge on any atom is 0.207 e. The van der Waals surface area contributed by atoms with Crippen molar-refractivity contribution in [1.82, 2.24) is 9.55 Å². The van der Waals surface area contributed by atoms with E-state index < -0.39 is 0 Å². The summed E-state index contributed by atoms with van der Waals surface area (Å²) in [4.78, 5) is 4.57. The Labute approximate surface area is 108 Å². The van der Waals surface area contributed by atoms with E-state index >= 15 is 0 Å². The molecule has 1 heterocycles. The topological polar surface area (TPSA) is 29.9 Å². The van der Waals surface area contributed by atoms with Crippen LogP contribution in [0.15, 0.2) is 30.5 Å². The second-order valence-electron chi connectivity index (χ2n) is 5.02. The van der Waals surface area contributed by atoms with E-state index in [4.69, 9.17) is 0 Å². The van der Waals surface area contributed by atoms with Gasteiger partial charge in [-0.05, 0) is 43.9 Å². The van der Waals surface area contributed by atoms with Gasteiger partial charge in [-0.3, -0.25) is 4.57 Å². The molecule has 1 aromatic carbocycles. The molecule has 0 spiro atoms. The Morgan fingerprint density at radius 3 is 2.94 bits per heavy atom. The van der Waals surface area contributed by atoms with Crippen LogP contribution in [0.5, 0.6) is 0 Å². The standard InChI is InChI=1S/C15H19N3/c1-3-12-5-4-6-14(9-12)18-10-11(2)16-15(18)17-13-7-8-13/h4-6,9-10,13H,3,7-8H2,1-2H3,(H,16,17). The smallest absolute Gasteiger partial charge is 0.207 e. The molecule has 3 heteroatoms. The van der Waals surface area contributed by atoms with Crippen LogP contribution in [0.25, 0.3) is 5.69 Å². The van der Waals surface area contributed by atoms with Crippen molar-refractivity contribution in [1.29, 1.82) is 0 Å². The Hall–Kier alpha value is -1.77. The molecular weight excluding hydrogens is 222 g/mol. The second kappa shape index (κ2) is 4.48. The number of aromatic nitrogens is 2. The monoisotopic (exact) mass is 241 g/mol. The average Bonchev–Trinajstić information content (AvgIpc) is 3.12. The summed E-state index contributed by atoms with van der Waals surface area (Å²) in [5.41, 5.74) is 3.61. The Kier molecular flexibility index (Phi) is 2.82.